The van der Waals surface area contributed by atoms with Crippen molar-refractivity contribution in [1.82, 2.24) is 14.7 Å². The smallest absolute Gasteiger partial charge is 0.323 e. The highest BCUT2D eigenvalue weighted by atomic mass is 16.4. The number of rotatable bonds is 4. The Balaban J connectivity index is 3.00. The Kier molecular flexibility index (Phi) is 4.57. The van der Waals surface area contributed by atoms with Gasteiger partial charge < -0.3 is 10.0 Å². The molecule has 0 fully saturated rings. The van der Waals surface area contributed by atoms with Gasteiger partial charge in [-0.05, 0) is 34.6 Å². The zero-order chi connectivity index (χ0) is 15.7. The Hall–Kier alpha value is -1.85. The Morgan fingerprint density at radius 2 is 1.85 bits per heavy atom. The first kappa shape index (κ1) is 16.2. The van der Waals surface area contributed by atoms with Crippen LogP contribution in [-0.4, -0.2) is 43.7 Å². The number of hydrogen-bond donors (Lipinski definition) is 1. The summed E-state index contributed by atoms with van der Waals surface area (Å²) in [5.74, 6) is -1.20. The van der Waals surface area contributed by atoms with Gasteiger partial charge in [0.15, 0.2) is 0 Å². The lowest BCUT2D eigenvalue weighted by molar-refractivity contribution is -0.147. The third-order valence-electron chi connectivity index (χ3n) is 3.39. The highest BCUT2D eigenvalue weighted by molar-refractivity contribution is 5.84. The van der Waals surface area contributed by atoms with E-state index < -0.39 is 11.5 Å². The van der Waals surface area contributed by atoms with Crippen LogP contribution in [0, 0.1) is 13.8 Å². The lowest BCUT2D eigenvalue weighted by Crippen LogP contribution is -2.48. The van der Waals surface area contributed by atoms with Gasteiger partial charge >= 0.3 is 5.97 Å². The normalized spacial score (nSPS) is 11.5. The molecule has 0 bridgehead atoms. The number of carbonyl (C=O) groups is 2. The summed E-state index contributed by atoms with van der Waals surface area (Å²) < 4.78 is 1.73. The minimum absolute atomic E-state index is 0.177. The molecule has 0 unspecified atom stereocenters. The van der Waals surface area contributed by atoms with Crippen molar-refractivity contribution in [2.24, 2.45) is 7.05 Å². The Morgan fingerprint density at radius 3 is 2.20 bits per heavy atom. The molecule has 0 saturated carbocycles. The number of hydrogen-bond acceptors (Lipinski definition) is 3. The molecule has 0 atom stereocenters. The summed E-state index contributed by atoms with van der Waals surface area (Å²) in [6.45, 7) is 8.96. The van der Waals surface area contributed by atoms with Gasteiger partial charge in [0.2, 0.25) is 5.91 Å². The van der Waals surface area contributed by atoms with Crippen LogP contribution in [0.5, 0.6) is 0 Å². The van der Waals surface area contributed by atoms with E-state index in [1.165, 1.54) is 4.90 Å². The van der Waals surface area contributed by atoms with E-state index in [2.05, 4.69) is 5.10 Å². The quantitative estimate of drug-likeness (QED) is 0.902. The molecule has 0 spiro atoms. The molecule has 1 N–H and O–H groups in total. The number of aryl methyl sites for hydroxylation is 2. The summed E-state index contributed by atoms with van der Waals surface area (Å²) >= 11 is 0. The topological polar surface area (TPSA) is 75.4 Å². The number of carbonyl (C=O) groups excluding carboxylic acids is 1. The van der Waals surface area contributed by atoms with Gasteiger partial charge in [0.25, 0.3) is 0 Å². The predicted octanol–water partition coefficient (Wildman–Crippen LogP) is 1.29. The molecule has 0 aliphatic carbocycles. The Morgan fingerprint density at radius 1 is 1.30 bits per heavy atom. The number of nitrogens with zero attached hydrogens (tertiary/aromatic N) is 3. The fourth-order valence-corrected chi connectivity index (χ4v) is 2.15. The van der Waals surface area contributed by atoms with Crippen LogP contribution in [-0.2, 0) is 23.1 Å². The molecule has 6 nitrogen and oxygen atoms in total. The van der Waals surface area contributed by atoms with E-state index in [-0.39, 0.29) is 18.9 Å². The largest absolute Gasteiger partial charge is 0.480 e. The molecule has 0 radical (unpaired) electrons. The number of aliphatic carboxylic acids is 1. The van der Waals surface area contributed by atoms with Crippen LogP contribution in [0.1, 0.15) is 37.7 Å². The van der Waals surface area contributed by atoms with Gasteiger partial charge in [-0.1, -0.05) is 0 Å². The van der Waals surface area contributed by atoms with Gasteiger partial charge in [-0.15, -0.1) is 0 Å². The van der Waals surface area contributed by atoms with Crippen molar-refractivity contribution in [2.45, 2.75) is 46.6 Å². The molecule has 0 aliphatic heterocycles. The summed E-state index contributed by atoms with van der Waals surface area (Å²) in [7, 11) is 1.83. The second-order valence-corrected chi connectivity index (χ2v) is 5.99. The number of carboxylic acid groups (broad SMARTS) is 1. The molecule has 6 heteroatoms. The van der Waals surface area contributed by atoms with Gasteiger partial charge in [0.05, 0.1) is 12.1 Å². The highest BCUT2D eigenvalue weighted by Gasteiger charge is 2.29. The van der Waals surface area contributed by atoms with Crippen molar-refractivity contribution in [3.8, 4) is 0 Å². The molecule has 1 aromatic heterocycles. The summed E-state index contributed by atoms with van der Waals surface area (Å²) in [5.41, 5.74) is 2.08. The molecule has 112 valence electrons. The zero-order valence-electron chi connectivity index (χ0n) is 13.0. The third-order valence-corrected chi connectivity index (χ3v) is 3.39. The van der Waals surface area contributed by atoms with Crippen LogP contribution in [0.15, 0.2) is 0 Å². The average molecular weight is 281 g/mol. The molecule has 0 aliphatic rings. The lowest BCUT2D eigenvalue weighted by atomic mass is 10.0. The predicted molar refractivity (Wildman–Crippen MR) is 75.5 cm³/mol. The van der Waals surface area contributed by atoms with Crippen molar-refractivity contribution in [2.75, 3.05) is 6.54 Å². The van der Waals surface area contributed by atoms with E-state index in [1.807, 2.05) is 41.7 Å². The van der Waals surface area contributed by atoms with Crippen molar-refractivity contribution >= 4 is 11.9 Å². The molecule has 1 amide bonds. The summed E-state index contributed by atoms with van der Waals surface area (Å²) in [4.78, 5) is 24.8. The standard InChI is InChI=1S/C14H23N3O3/c1-9-11(10(2)16(6)15-9)7-12(18)17(8-13(19)20)14(3,4)5/h7-8H2,1-6H3,(H,19,20). The summed E-state index contributed by atoms with van der Waals surface area (Å²) in [5, 5.41) is 13.2. The summed E-state index contributed by atoms with van der Waals surface area (Å²) in [6.07, 6.45) is 0.177. The van der Waals surface area contributed by atoms with E-state index >= 15 is 0 Å². The van der Waals surface area contributed by atoms with Gasteiger partial charge in [0.1, 0.15) is 6.54 Å². The van der Waals surface area contributed by atoms with E-state index in [0.29, 0.717) is 0 Å². The van der Waals surface area contributed by atoms with Crippen LogP contribution >= 0.6 is 0 Å². The first-order valence-electron chi connectivity index (χ1n) is 6.55. The van der Waals surface area contributed by atoms with Crippen molar-refractivity contribution in [3.05, 3.63) is 17.0 Å². The monoisotopic (exact) mass is 281 g/mol. The lowest BCUT2D eigenvalue weighted by Gasteiger charge is -2.34. The van der Waals surface area contributed by atoms with Crippen LogP contribution in [0.4, 0.5) is 0 Å². The molecule has 20 heavy (non-hydrogen) atoms. The van der Waals surface area contributed by atoms with Gasteiger partial charge in [-0.3, -0.25) is 14.3 Å². The van der Waals surface area contributed by atoms with Crippen LogP contribution in [0.25, 0.3) is 0 Å². The van der Waals surface area contributed by atoms with Gasteiger partial charge in [-0.2, -0.15) is 5.10 Å². The fraction of sp³-hybridized carbons (Fsp3) is 0.643. The van der Waals surface area contributed by atoms with Crippen molar-refractivity contribution in [3.63, 3.8) is 0 Å². The van der Waals surface area contributed by atoms with Crippen LogP contribution in [0.2, 0.25) is 0 Å². The van der Waals surface area contributed by atoms with E-state index in [4.69, 9.17) is 5.11 Å². The molecule has 1 heterocycles. The summed E-state index contributed by atoms with van der Waals surface area (Å²) in [6, 6.07) is 0. The zero-order valence-corrected chi connectivity index (χ0v) is 13.0. The second-order valence-electron chi connectivity index (χ2n) is 5.99. The van der Waals surface area contributed by atoms with E-state index in [1.54, 1.807) is 4.68 Å². The highest BCUT2D eigenvalue weighted by Crippen LogP contribution is 2.18. The number of aromatic nitrogens is 2. The molecule has 0 aromatic carbocycles. The molecule has 1 aromatic rings. The average Bonchev–Trinajstić information content (AvgIpc) is 2.51. The molecule has 1 rings (SSSR count). The number of carboxylic acids is 1. The minimum atomic E-state index is -1.01. The minimum Gasteiger partial charge on any atom is -0.480 e. The van der Waals surface area contributed by atoms with E-state index in [0.717, 1.165) is 17.0 Å². The third kappa shape index (κ3) is 3.59. The van der Waals surface area contributed by atoms with Gasteiger partial charge in [0, 0.05) is 23.8 Å². The Bertz CT molecular complexity index is 527. The van der Waals surface area contributed by atoms with Crippen molar-refractivity contribution in [1.29, 1.82) is 0 Å². The van der Waals surface area contributed by atoms with Crippen LogP contribution in [0.3, 0.4) is 0 Å². The maximum absolute atomic E-state index is 12.4. The second kappa shape index (κ2) is 5.64. The SMILES string of the molecule is Cc1nn(C)c(C)c1CC(=O)N(CC(=O)O)C(C)(C)C. The molecule has 0 saturated heterocycles. The van der Waals surface area contributed by atoms with E-state index in [9.17, 15) is 9.59 Å². The van der Waals surface area contributed by atoms with Crippen LogP contribution < -0.4 is 0 Å². The molecular weight excluding hydrogens is 258 g/mol. The number of amides is 1. The first-order valence-corrected chi connectivity index (χ1v) is 6.55. The van der Waals surface area contributed by atoms with Crippen molar-refractivity contribution < 1.29 is 14.7 Å². The first-order chi connectivity index (χ1) is 9.04. The molecular formula is C14H23N3O3. The fourth-order valence-electron chi connectivity index (χ4n) is 2.15. The van der Waals surface area contributed by atoms with Gasteiger partial charge in [-0.25, -0.2) is 0 Å². The maximum Gasteiger partial charge on any atom is 0.323 e. The maximum atomic E-state index is 12.4. The Labute approximate surface area is 119 Å².